The summed E-state index contributed by atoms with van der Waals surface area (Å²) in [5.41, 5.74) is 3.53. The van der Waals surface area contributed by atoms with E-state index in [1.165, 1.54) is 0 Å². The van der Waals surface area contributed by atoms with Crippen LogP contribution in [0.3, 0.4) is 0 Å². The Bertz CT molecular complexity index is 6520. The topological polar surface area (TPSA) is 631 Å². The number of fused-ring (bicyclic) bond motifs is 4. The molecule has 2 aliphatic heterocycles. The fourth-order valence-corrected chi connectivity index (χ4v) is 15.4. The van der Waals surface area contributed by atoms with Crippen LogP contribution >= 0.6 is 54.2 Å². The number of esters is 1. The van der Waals surface area contributed by atoms with E-state index in [0.29, 0.717) is 18.2 Å². The third kappa shape index (κ3) is 26.9. The molecule has 35 nitrogen and oxygen atoms in total. The second kappa shape index (κ2) is 39.1. The molecule has 0 unspecified atom stereocenters. The Morgan fingerprint density at radius 2 is 0.752 bits per heavy atom. The van der Waals surface area contributed by atoms with Crippen molar-refractivity contribution in [2.24, 2.45) is 0 Å². The number of carbonyl (C=O) groups excluding carboxylic acids is 4. The number of halogens is 10. The molecule has 6 aromatic carbocycles. The van der Waals surface area contributed by atoms with Crippen LogP contribution in [-0.2, 0) is 60.7 Å². The molecule has 0 saturated heterocycles. The number of amidine groups is 1. The van der Waals surface area contributed by atoms with Gasteiger partial charge in [0.25, 0.3) is 0 Å². The van der Waals surface area contributed by atoms with Gasteiger partial charge < -0.3 is 86.8 Å². The molecule has 117 heavy (non-hydrogen) atoms. The van der Waals surface area contributed by atoms with Crippen LogP contribution in [0.5, 0.6) is 11.5 Å². The normalized spacial score (nSPS) is 12.1. The van der Waals surface area contributed by atoms with Crippen molar-refractivity contribution in [3.8, 4) is 56.4 Å². The zero-order chi connectivity index (χ0) is 84.5. The monoisotopic (exact) mass is 1910 g/mol. The zero-order valence-electron chi connectivity index (χ0n) is 58.5. The molecule has 4 aliphatic rings. The SMILES string of the molecule is C.C.CN(C)C(Oc1c(Cl)cc(S(=O)(=O)[O-])cc1Cl)=[N+](C)C.F[P-](F)(F)(F)(F)F.N=c1ccc2c(-c3cc(C(=O)Oc4c(Cl)cc(S(=O)(=O)[O-])cc4Cl)ccc3C(=O)[O-])c3ccc(N)c(S(=O)(=O)[O-])c3oc-2c1S(=O)(=O)[O-].N=c1ccc2c(-c3cc(C(=O)[O-])ccc3C(=O)[O-])c3ccc(N)c(S(=O)(=O)[O-])c3oc-2c1S(=O)(=O)[O-].[K+].[Na+].[Na+].[Na+]. The van der Waals surface area contributed by atoms with Crippen molar-refractivity contribution in [1.82, 2.24) is 4.90 Å². The zero-order valence-corrected chi connectivity index (χ0v) is 76.4. The summed E-state index contributed by atoms with van der Waals surface area (Å²) in [6.07, 6.45) is 0. The first-order chi connectivity index (χ1) is 50.2. The fourth-order valence-electron chi connectivity index (χ4n) is 10.1. The predicted molar refractivity (Wildman–Crippen MR) is 374 cm³/mol. The summed E-state index contributed by atoms with van der Waals surface area (Å²) in [7, 11) is -35.2. The van der Waals surface area contributed by atoms with Gasteiger partial charge in [-0.3, -0.25) is 10.8 Å². The first-order valence-corrected chi connectivity index (χ1v) is 40.3. The largest absolute Gasteiger partial charge is 1.00 e. The third-order valence-electron chi connectivity index (χ3n) is 14.2. The molecule has 0 bridgehead atoms. The molecule has 6 N–H and O–H groups in total. The van der Waals surface area contributed by atoms with Crippen molar-refractivity contribution < 1.29 is 300 Å². The number of nitrogen functional groups attached to an aromatic ring is 2. The Morgan fingerprint density at radius 1 is 0.453 bits per heavy atom. The van der Waals surface area contributed by atoms with Crippen LogP contribution in [-0.4, -0.2) is 145 Å². The number of nitrogens with one attached hydrogen (secondary N) is 2. The average molecular weight is 1910 g/mol. The molecule has 6 aromatic rings. The van der Waals surface area contributed by atoms with Crippen molar-refractivity contribution in [3.63, 3.8) is 0 Å². The molecule has 56 heteroatoms. The Hall–Kier alpha value is -5.28. The molecule has 0 atom stereocenters. The van der Waals surface area contributed by atoms with Gasteiger partial charge in [-0.15, -0.1) is 0 Å². The Balaban J connectivity index is 0.000000875. The Morgan fingerprint density at radius 3 is 1.03 bits per heavy atom. The van der Waals surface area contributed by atoms with E-state index >= 15 is 0 Å². The number of anilines is 2. The van der Waals surface area contributed by atoms with Crippen molar-refractivity contribution in [3.05, 3.63) is 162 Å². The first-order valence-electron chi connectivity index (χ1n) is 28.3. The second-order valence-electron chi connectivity index (χ2n) is 22.4. The third-order valence-corrected chi connectivity index (χ3v) is 20.6. The molecule has 0 fully saturated rings. The van der Waals surface area contributed by atoms with Crippen molar-refractivity contribution in [2.75, 3.05) is 39.7 Å². The number of benzene rings is 8. The van der Waals surface area contributed by atoms with Gasteiger partial charge in [-0.2, -0.15) is 0 Å². The number of aromatic carboxylic acids is 3. The van der Waals surface area contributed by atoms with Gasteiger partial charge in [-0.05, 0) is 108 Å². The maximum atomic E-state index is 13.3. The number of ether oxygens (including phenoxy) is 2. The summed E-state index contributed by atoms with van der Waals surface area (Å²) in [5.74, 6) is -9.09. The number of rotatable bonds is 14. The Labute approximate surface area is 786 Å². The number of hydrogen-bond acceptors (Lipinski definition) is 33. The number of carboxylic acids is 3. The van der Waals surface area contributed by atoms with Crippen LogP contribution in [0.1, 0.15) is 56.3 Å². The fraction of sp³-hybridized carbons (Fsp3) is 0.0984. The summed E-state index contributed by atoms with van der Waals surface area (Å²) in [6.45, 7) is 0. The maximum Gasteiger partial charge on any atom is 1.00 e. The molecule has 612 valence electrons. The van der Waals surface area contributed by atoms with Crippen LogP contribution in [0, 0.1) is 10.8 Å². The van der Waals surface area contributed by atoms with Gasteiger partial charge in [-0.1, -0.05) is 79.5 Å². The Kier molecular flexibility index (Phi) is 36.6. The average Bonchev–Trinajstić information content (AvgIpc) is 0.720. The van der Waals surface area contributed by atoms with E-state index in [1.54, 1.807) is 37.7 Å². The van der Waals surface area contributed by atoms with E-state index in [4.69, 9.17) is 87.0 Å². The van der Waals surface area contributed by atoms with Gasteiger partial charge in [0.05, 0.1) is 104 Å². The minimum atomic E-state index is -10.7. The standard InChI is InChI=1S/C27H16Cl2N2O14S3.C21H14N2O11S2.C11H14Cl2N2O4S.2CH4.F6P.K.3Na/c28-16-8-11(46(35,36)37)9-17(29)23(16)45-27(34)10-1-2-12(26(32)33)15(7-10)20-13-3-5-18(30)24(47(38,39)40)21(13)44-22-14(20)4-6-19(31)25(22)48(41,42)43;22-13-5-3-10-15(12-7-8(20(24)25)1-2-9(12)21(26)27)11-4-6-14(23)19(36(31,32)33)17(11)34-16(10)18(13)35(28,29)30;1-14(2)11(15(3)4)19-10-8(12)5-7(6-9(10)13)20(16,17)18;;;1-7(2,3,4,5)6;;;;/h1-9,30H,31H2,(H,32,33)(H,35,36,37)(H,38,39,40)(H,41,42,43);1-7,22H,23H2,(H,24,25)(H,26,27)(H,28,29,30)(H,31,32,33);5-6H,1-4H3;2*1H4;;;;;/q;;;;;-1;4*+1/p-8. The molecule has 2 heterocycles. The molecule has 0 amide bonds. The molecule has 0 aromatic heterocycles. The van der Waals surface area contributed by atoms with E-state index in [-0.39, 0.29) is 193 Å². The number of nitrogens with zero attached hydrogens (tertiary/aromatic N) is 2. The van der Waals surface area contributed by atoms with E-state index < -0.39 is 227 Å². The predicted octanol–water partition coefficient (Wildman–Crippen LogP) is -5.19. The van der Waals surface area contributed by atoms with Crippen LogP contribution in [0.15, 0.2) is 147 Å². The second-order valence-corrected chi connectivity index (χ2v) is 33.9. The molecular formula is C61H44Cl4F6KN6Na3O29PS6-5. The van der Waals surface area contributed by atoms with Crippen molar-refractivity contribution in [2.45, 2.75) is 44.2 Å². The van der Waals surface area contributed by atoms with Crippen molar-refractivity contribution >= 4 is 178 Å². The summed E-state index contributed by atoms with van der Waals surface area (Å²) in [4.78, 5) is 44.3. The molecule has 0 spiro atoms. The number of carbonyl (C=O) groups is 4. The van der Waals surface area contributed by atoms with E-state index in [9.17, 15) is 138 Å². The number of nitrogens with two attached hydrogens (primary N) is 2. The number of hydrogen-bond donors (Lipinski definition) is 4. The summed E-state index contributed by atoms with van der Waals surface area (Å²) in [6, 6.07) is 16.9. The first kappa shape index (κ1) is 110. The summed E-state index contributed by atoms with van der Waals surface area (Å²) >= 11 is 23.8. The van der Waals surface area contributed by atoms with Crippen LogP contribution in [0.2, 0.25) is 20.1 Å². The molecule has 0 saturated carbocycles. The van der Waals surface area contributed by atoms with Crippen LogP contribution in [0.4, 0.5) is 36.6 Å². The van der Waals surface area contributed by atoms with E-state index in [2.05, 4.69) is 0 Å². The summed E-state index contributed by atoms with van der Waals surface area (Å²) in [5, 5.41) is 47.8. The van der Waals surface area contributed by atoms with Gasteiger partial charge in [0, 0.05) is 44.2 Å². The van der Waals surface area contributed by atoms with E-state index in [1.807, 2.05) is 0 Å². The molecular weight excluding hydrogens is 1870 g/mol. The molecule has 10 rings (SSSR count). The van der Waals surface area contributed by atoms with Gasteiger partial charge >= 0.3 is 185 Å². The molecule has 0 radical (unpaired) electrons. The minimum absolute atomic E-state index is 0. The van der Waals surface area contributed by atoms with E-state index in [0.717, 1.165) is 97.1 Å². The van der Waals surface area contributed by atoms with Gasteiger partial charge in [0.1, 0.15) is 80.3 Å². The van der Waals surface area contributed by atoms with Gasteiger partial charge in [0.2, 0.25) is 0 Å². The maximum absolute atomic E-state index is 13.3. The quantitative estimate of drug-likeness (QED) is 0.00676. The van der Waals surface area contributed by atoms with Crippen LogP contribution in [0.25, 0.3) is 66.8 Å². The number of carboxylic acid groups (broad SMARTS) is 3. The molecule has 2 aliphatic carbocycles. The summed E-state index contributed by atoms with van der Waals surface area (Å²) < 4.78 is 295. The van der Waals surface area contributed by atoms with Gasteiger partial charge in [-0.25, -0.2) is 64.8 Å². The minimum Gasteiger partial charge on any atom is -0.744 e. The smallest absolute Gasteiger partial charge is 0.744 e. The van der Waals surface area contributed by atoms with Crippen molar-refractivity contribution in [1.29, 1.82) is 10.8 Å². The van der Waals surface area contributed by atoms with Gasteiger partial charge in [0.15, 0.2) is 34.2 Å². The van der Waals surface area contributed by atoms with Crippen LogP contribution < -0.4 is 187 Å².